The van der Waals surface area contributed by atoms with E-state index >= 15 is 0 Å². The number of azo groups is 2. The van der Waals surface area contributed by atoms with Crippen molar-refractivity contribution in [2.45, 2.75) is 26.5 Å². The van der Waals surface area contributed by atoms with Gasteiger partial charge >= 0.3 is 17.8 Å². The maximum absolute atomic E-state index is 12.7. The molecule has 5 aromatic carbocycles. The number of methoxy groups -OCH3 is 1. The normalized spacial score (nSPS) is 12.5. The van der Waals surface area contributed by atoms with Crippen LogP contribution in [0.5, 0.6) is 5.75 Å². The van der Waals surface area contributed by atoms with Crippen LogP contribution in [-0.2, 0) is 45.3 Å². The molecule has 0 fully saturated rings. The summed E-state index contributed by atoms with van der Waals surface area (Å²) < 4.78 is 145. The lowest BCUT2D eigenvalue weighted by atomic mass is 10.1. The minimum atomic E-state index is -5.27. The molecule has 0 saturated heterocycles. The van der Waals surface area contributed by atoms with Crippen LogP contribution in [-0.4, -0.2) is 85.8 Å². The number of nitrogen functional groups attached to an aromatic ring is 1. The summed E-state index contributed by atoms with van der Waals surface area (Å²) in [6.07, 6.45) is 2.57. The molecular weight excluding hydrogens is 995 g/mol. The number of rotatable bonds is 14. The number of carbonyl (C=O) groups excluding carboxylic acids is 2. The Bertz CT molecular complexity index is 3880. The van der Waals surface area contributed by atoms with E-state index in [1.165, 1.54) is 60.3 Å². The molecular formula is C38H29N11O16S4. The lowest BCUT2D eigenvalue weighted by Crippen LogP contribution is -2.36. The van der Waals surface area contributed by atoms with Gasteiger partial charge in [0.15, 0.2) is 0 Å². The minimum Gasteiger partial charge on any atom is -0.545 e. The van der Waals surface area contributed by atoms with Gasteiger partial charge in [-0.25, -0.2) is 4.57 Å². The highest BCUT2D eigenvalue weighted by molar-refractivity contribution is 7.87. The Balaban J connectivity index is 1.32. The third kappa shape index (κ3) is 10.7. The van der Waals surface area contributed by atoms with Gasteiger partial charge in [0.1, 0.15) is 37.5 Å². The highest BCUT2D eigenvalue weighted by Gasteiger charge is 2.26. The van der Waals surface area contributed by atoms with Crippen molar-refractivity contribution in [3.8, 4) is 11.7 Å². The summed E-state index contributed by atoms with van der Waals surface area (Å²) in [5.41, 5.74) is 4.36. The van der Waals surface area contributed by atoms with E-state index in [1.54, 1.807) is 0 Å². The summed E-state index contributed by atoms with van der Waals surface area (Å²) >= 11 is 0. The van der Waals surface area contributed by atoms with Crippen LogP contribution in [0.2, 0.25) is 0 Å². The average Bonchev–Trinajstić information content (AvgIpc) is 3.25. The largest absolute Gasteiger partial charge is 0.545 e. The van der Waals surface area contributed by atoms with Crippen molar-refractivity contribution in [2.24, 2.45) is 20.5 Å². The van der Waals surface area contributed by atoms with E-state index in [0.29, 0.717) is 18.2 Å². The quantitative estimate of drug-likeness (QED) is 0.0461. The number of benzene rings is 5. The number of carboxylic acids is 1. The first-order valence-corrected chi connectivity index (χ1v) is 24.4. The monoisotopic (exact) mass is 1020 g/mol. The molecule has 0 spiro atoms. The summed E-state index contributed by atoms with van der Waals surface area (Å²) in [6.45, 7) is 1.11. The van der Waals surface area contributed by atoms with Gasteiger partial charge in [-0.3, -0.25) is 23.0 Å². The van der Waals surface area contributed by atoms with Crippen molar-refractivity contribution in [1.29, 1.82) is 0 Å². The van der Waals surface area contributed by atoms with Crippen LogP contribution in [0, 0.1) is 0 Å². The maximum atomic E-state index is 12.7. The van der Waals surface area contributed by atoms with Gasteiger partial charge in [0.05, 0.1) is 47.4 Å². The molecule has 27 nitrogen and oxygen atoms in total. The van der Waals surface area contributed by atoms with Crippen molar-refractivity contribution in [3.05, 3.63) is 96.8 Å². The standard InChI is InChI=1S/C38H29N11O16S4/c1-18(50)40-26-15-28(30(65-2)16-27(26)46-48-29-14-23-20(12-33(29)69(62,63)64)11-21(66(53,54)55)13-32(23)68(59,60)61)47-45-24-8-9-25(34-22(24)6-3-7-31(34)67(56,57)58)41-37-42-36(39)43-38(44-37)49-10-4-5-19(17-49)35(51)52/h3-17H,1-2H3,(H8-,39,40,41,42,43,44,47,48,50,51,52,53,54,55,56,57,58,59,60,61,62,63,64). The first kappa shape index (κ1) is 48.9. The predicted molar refractivity (Wildman–Crippen MR) is 236 cm³/mol. The fourth-order valence-electron chi connectivity index (χ4n) is 6.51. The second-order valence-electron chi connectivity index (χ2n) is 14.0. The Labute approximate surface area is 388 Å². The second-order valence-corrected chi connectivity index (χ2v) is 19.6. The van der Waals surface area contributed by atoms with Crippen molar-refractivity contribution in [1.82, 2.24) is 15.0 Å². The van der Waals surface area contributed by atoms with Gasteiger partial charge in [-0.15, -0.1) is 25.4 Å². The number of ether oxygens (including phenoxy) is 1. The number of pyridine rings is 1. The number of fused-ring (bicyclic) bond motifs is 2. The van der Waals surface area contributed by atoms with Crippen molar-refractivity contribution < 1.29 is 75.9 Å². The van der Waals surface area contributed by atoms with E-state index in [2.05, 4.69) is 46.0 Å². The minimum absolute atomic E-state index is 0.0110. The zero-order valence-electron chi connectivity index (χ0n) is 34.6. The van der Waals surface area contributed by atoms with Gasteiger partial charge in [0, 0.05) is 34.7 Å². The van der Waals surface area contributed by atoms with Crippen LogP contribution in [0.4, 0.5) is 46.0 Å². The Kier molecular flexibility index (Phi) is 12.9. The third-order valence-corrected chi connectivity index (χ3v) is 12.9. The van der Waals surface area contributed by atoms with Crippen molar-refractivity contribution >= 4 is 120 Å². The van der Waals surface area contributed by atoms with Crippen LogP contribution < -0.4 is 30.8 Å². The number of carbonyl (C=O) groups is 2. The van der Waals surface area contributed by atoms with Gasteiger partial charge in [-0.1, -0.05) is 12.1 Å². The molecule has 31 heteroatoms. The molecule has 0 radical (unpaired) electrons. The summed E-state index contributed by atoms with van der Waals surface area (Å²) in [5.74, 6) is -3.02. The van der Waals surface area contributed by atoms with Gasteiger partial charge in [-0.05, 0) is 76.0 Å². The third-order valence-electron chi connectivity index (χ3n) is 9.37. The molecule has 0 saturated carbocycles. The van der Waals surface area contributed by atoms with E-state index in [1.807, 2.05) is 0 Å². The fraction of sp³-hybridized carbons (Fsp3) is 0.0526. The van der Waals surface area contributed by atoms with Crippen LogP contribution >= 0.6 is 0 Å². The SMILES string of the molecule is COc1cc(N=Nc2cc3c(S(=O)(=O)O)cc(S(=O)(=O)O)cc3cc2S(=O)(=O)O)c(NC(C)=O)cc1N=Nc1ccc(Nc2nc(N)nc(-[n+]3cccc(C(=O)[O-])c3)n2)c2c(S(=O)(=O)O)cccc12. The molecule has 0 atom stereocenters. The van der Waals surface area contributed by atoms with Crippen LogP contribution in [0.1, 0.15) is 17.3 Å². The van der Waals surface area contributed by atoms with Crippen LogP contribution in [0.25, 0.3) is 27.5 Å². The summed E-state index contributed by atoms with van der Waals surface area (Å²) in [5, 5.41) is 32.0. The number of anilines is 4. The number of amides is 1. The molecule has 0 aliphatic carbocycles. The first-order valence-electron chi connectivity index (χ1n) is 18.6. The number of carboxylic acid groups (broad SMARTS) is 1. The van der Waals surface area contributed by atoms with Crippen molar-refractivity contribution in [3.63, 3.8) is 0 Å². The number of hydrogen-bond acceptors (Lipinski definition) is 21. The molecule has 7 rings (SSSR count). The Hall–Kier alpha value is -8.04. The summed E-state index contributed by atoms with van der Waals surface area (Å²) in [7, 11) is -19.4. The second kappa shape index (κ2) is 18.2. The smallest absolute Gasteiger partial charge is 0.444 e. The number of aromatic nitrogens is 4. The molecule has 0 bridgehead atoms. The molecule has 69 heavy (non-hydrogen) atoms. The summed E-state index contributed by atoms with van der Waals surface area (Å²) in [4.78, 5) is 32.4. The topological polar surface area (TPSA) is 426 Å². The van der Waals surface area contributed by atoms with E-state index in [0.717, 1.165) is 31.3 Å². The Morgan fingerprint density at radius 1 is 0.681 bits per heavy atom. The molecule has 2 heterocycles. The lowest BCUT2D eigenvalue weighted by molar-refractivity contribution is -0.603. The Morgan fingerprint density at radius 2 is 1.35 bits per heavy atom. The molecule has 2 aromatic heterocycles. The zero-order valence-corrected chi connectivity index (χ0v) is 37.9. The average molecular weight is 1020 g/mol. The number of nitrogens with two attached hydrogens (primary N) is 1. The lowest BCUT2D eigenvalue weighted by Gasteiger charge is -2.13. The van der Waals surface area contributed by atoms with Gasteiger partial charge < -0.3 is 31.0 Å². The molecule has 356 valence electrons. The highest BCUT2D eigenvalue weighted by Crippen LogP contribution is 2.43. The molecule has 1 amide bonds. The number of nitrogens with zero attached hydrogens (tertiary/aromatic N) is 8. The van der Waals surface area contributed by atoms with Gasteiger partial charge in [-0.2, -0.15) is 33.7 Å². The molecule has 0 unspecified atom stereocenters. The molecule has 8 N–H and O–H groups in total. The van der Waals surface area contributed by atoms with E-state index in [4.69, 9.17) is 10.5 Å². The fourth-order valence-corrected chi connectivity index (χ4v) is 9.23. The predicted octanol–water partition coefficient (Wildman–Crippen LogP) is 3.93. The molecule has 0 aliphatic heterocycles. The van der Waals surface area contributed by atoms with Gasteiger partial charge in [0.25, 0.3) is 40.5 Å². The van der Waals surface area contributed by atoms with E-state index < -0.39 is 88.4 Å². The first-order chi connectivity index (χ1) is 32.2. The number of aromatic carboxylic acids is 1. The van der Waals surface area contributed by atoms with E-state index in [9.17, 15) is 66.6 Å². The number of nitrogens with one attached hydrogen (secondary N) is 2. The number of hydrogen-bond donors (Lipinski definition) is 7. The molecule has 0 aliphatic rings. The Morgan fingerprint density at radius 3 is 1.99 bits per heavy atom. The zero-order chi connectivity index (χ0) is 50.4. The van der Waals surface area contributed by atoms with Gasteiger partial charge in [0.2, 0.25) is 5.91 Å². The van der Waals surface area contributed by atoms with E-state index in [-0.39, 0.29) is 68.4 Å². The summed E-state index contributed by atoms with van der Waals surface area (Å²) in [6, 6.07) is 13.9. The van der Waals surface area contributed by atoms with Crippen LogP contribution in [0.3, 0.4) is 0 Å². The van der Waals surface area contributed by atoms with Crippen LogP contribution in [0.15, 0.2) is 131 Å². The highest BCUT2D eigenvalue weighted by atomic mass is 32.2. The molecule has 7 aromatic rings. The maximum Gasteiger partial charge on any atom is 0.444 e. The van der Waals surface area contributed by atoms with Crippen molar-refractivity contribution in [2.75, 3.05) is 23.5 Å².